The van der Waals surface area contributed by atoms with Gasteiger partial charge in [0.25, 0.3) is 0 Å². The molecule has 0 bridgehead atoms. The summed E-state index contributed by atoms with van der Waals surface area (Å²) in [6.45, 7) is 1.89. The number of benzene rings is 2. The molecule has 0 spiro atoms. The minimum absolute atomic E-state index is 0.361. The van der Waals surface area contributed by atoms with Gasteiger partial charge in [-0.15, -0.1) is 0 Å². The Kier molecular flexibility index (Phi) is 7.14. The second kappa shape index (κ2) is 9.99. The van der Waals surface area contributed by atoms with Crippen molar-refractivity contribution in [1.29, 1.82) is 0 Å². The molecule has 0 atom stereocenters. The smallest absolute Gasteiger partial charge is 0.343 e. The van der Waals surface area contributed by atoms with Gasteiger partial charge in [0.05, 0.1) is 11.8 Å². The minimum Gasteiger partial charge on any atom is -0.423 e. The number of ether oxygens (including phenoxy) is 1. The maximum atomic E-state index is 12.3. The second-order valence-electron chi connectivity index (χ2n) is 6.95. The quantitative estimate of drug-likeness (QED) is 0.259. The van der Waals surface area contributed by atoms with E-state index in [0.717, 1.165) is 24.0 Å². The van der Waals surface area contributed by atoms with E-state index in [4.69, 9.17) is 17.0 Å². The number of thiocarbonyl (C=S) groups is 1. The maximum absolute atomic E-state index is 12.3. The van der Waals surface area contributed by atoms with E-state index in [1.165, 1.54) is 19.3 Å². The minimum atomic E-state index is -0.361. The Hall–Kier alpha value is -2.73. The van der Waals surface area contributed by atoms with Gasteiger partial charge in [0.15, 0.2) is 5.11 Å². The number of esters is 1. The van der Waals surface area contributed by atoms with Crippen molar-refractivity contribution in [1.82, 2.24) is 10.7 Å². The Labute approximate surface area is 171 Å². The summed E-state index contributed by atoms with van der Waals surface area (Å²) in [5.41, 5.74) is 5.19. The number of nitrogens with zero attached hydrogens (tertiary/aromatic N) is 1. The molecule has 0 amide bonds. The fourth-order valence-corrected chi connectivity index (χ4v) is 3.44. The largest absolute Gasteiger partial charge is 0.423 e. The first-order chi connectivity index (χ1) is 13.6. The van der Waals surface area contributed by atoms with Crippen molar-refractivity contribution in [3.05, 3.63) is 65.2 Å². The van der Waals surface area contributed by atoms with Gasteiger partial charge >= 0.3 is 5.97 Å². The molecule has 1 fully saturated rings. The topological polar surface area (TPSA) is 62.7 Å². The molecule has 0 aromatic heterocycles. The van der Waals surface area contributed by atoms with Crippen molar-refractivity contribution < 1.29 is 9.53 Å². The lowest BCUT2D eigenvalue weighted by molar-refractivity contribution is 0.0734. The molecule has 2 aromatic rings. The predicted octanol–water partition coefficient (Wildman–Crippen LogP) is 4.34. The van der Waals surface area contributed by atoms with Crippen LogP contribution in [0.4, 0.5) is 0 Å². The molecule has 0 aliphatic heterocycles. The predicted molar refractivity (Wildman–Crippen MR) is 116 cm³/mol. The number of carbonyl (C=O) groups excluding carboxylic acids is 1. The van der Waals surface area contributed by atoms with E-state index >= 15 is 0 Å². The Morgan fingerprint density at radius 1 is 1.11 bits per heavy atom. The van der Waals surface area contributed by atoms with Gasteiger partial charge in [-0.05, 0) is 73.4 Å². The van der Waals surface area contributed by atoms with Crippen molar-refractivity contribution >= 4 is 29.5 Å². The van der Waals surface area contributed by atoms with E-state index in [9.17, 15) is 4.79 Å². The molecule has 0 unspecified atom stereocenters. The highest BCUT2D eigenvalue weighted by molar-refractivity contribution is 7.80. The molecule has 1 aliphatic rings. The lowest BCUT2D eigenvalue weighted by atomic mass is 9.96. The number of hydrogen-bond acceptors (Lipinski definition) is 4. The number of hydrazone groups is 1. The highest BCUT2D eigenvalue weighted by Gasteiger charge is 2.13. The first kappa shape index (κ1) is 20.0. The van der Waals surface area contributed by atoms with Crippen LogP contribution in [0.25, 0.3) is 0 Å². The molecule has 5 nitrogen and oxygen atoms in total. The summed E-state index contributed by atoms with van der Waals surface area (Å²) in [6.07, 6.45) is 7.83. The Morgan fingerprint density at radius 2 is 1.82 bits per heavy atom. The highest BCUT2D eigenvalue weighted by Crippen LogP contribution is 2.17. The number of hydrogen-bond donors (Lipinski definition) is 2. The van der Waals surface area contributed by atoms with Gasteiger partial charge in [0.2, 0.25) is 0 Å². The Bertz CT molecular complexity index is 843. The van der Waals surface area contributed by atoms with Gasteiger partial charge in [-0.2, -0.15) is 5.10 Å². The molecule has 0 saturated heterocycles. The number of aryl methyl sites for hydroxylation is 1. The van der Waals surface area contributed by atoms with E-state index < -0.39 is 0 Å². The van der Waals surface area contributed by atoms with Gasteiger partial charge in [-0.1, -0.05) is 37.5 Å². The van der Waals surface area contributed by atoms with Gasteiger partial charge < -0.3 is 10.1 Å². The van der Waals surface area contributed by atoms with Crippen LogP contribution in [0, 0.1) is 6.92 Å². The zero-order valence-electron chi connectivity index (χ0n) is 16.0. The van der Waals surface area contributed by atoms with Crippen LogP contribution in [0.5, 0.6) is 5.75 Å². The molecule has 1 aliphatic carbocycles. The van der Waals surface area contributed by atoms with Crippen LogP contribution >= 0.6 is 12.2 Å². The normalized spacial score (nSPS) is 14.6. The zero-order valence-corrected chi connectivity index (χ0v) is 16.8. The molecule has 146 valence electrons. The zero-order chi connectivity index (χ0) is 19.8. The third-order valence-corrected chi connectivity index (χ3v) is 4.98. The molecular formula is C22H25N3O2S. The van der Waals surface area contributed by atoms with Gasteiger partial charge in [0.1, 0.15) is 5.75 Å². The molecule has 3 rings (SSSR count). The molecule has 0 heterocycles. The fraction of sp³-hybridized carbons (Fsp3) is 0.318. The second-order valence-corrected chi connectivity index (χ2v) is 7.36. The van der Waals surface area contributed by atoms with Crippen molar-refractivity contribution in [2.45, 2.75) is 45.1 Å². The van der Waals surface area contributed by atoms with Crippen LogP contribution in [0.15, 0.2) is 53.6 Å². The summed E-state index contributed by atoms with van der Waals surface area (Å²) >= 11 is 5.28. The monoisotopic (exact) mass is 395 g/mol. The standard InChI is InChI=1S/C22H25N3O2S/c1-16-7-5-6-10-20(16)21(26)27-19-13-11-17(12-14-19)15-23-25-22(28)24-18-8-3-2-4-9-18/h5-7,10-15,18H,2-4,8-9H2,1H3,(H2,24,25,28). The number of nitrogens with one attached hydrogen (secondary N) is 2. The van der Waals surface area contributed by atoms with E-state index in [1.807, 2.05) is 37.3 Å². The van der Waals surface area contributed by atoms with Crippen molar-refractivity contribution in [2.75, 3.05) is 0 Å². The van der Waals surface area contributed by atoms with Gasteiger partial charge in [-0.25, -0.2) is 4.79 Å². The summed E-state index contributed by atoms with van der Waals surface area (Å²) in [5.74, 6) is 0.133. The first-order valence-electron chi connectivity index (χ1n) is 9.59. The van der Waals surface area contributed by atoms with Crippen molar-refractivity contribution in [2.24, 2.45) is 5.10 Å². The molecular weight excluding hydrogens is 370 g/mol. The maximum Gasteiger partial charge on any atom is 0.343 e. The van der Waals surface area contributed by atoms with Crippen LogP contribution in [-0.2, 0) is 0 Å². The summed E-state index contributed by atoms with van der Waals surface area (Å²) in [4.78, 5) is 12.3. The average Bonchev–Trinajstić information content (AvgIpc) is 2.70. The summed E-state index contributed by atoms with van der Waals surface area (Å²) in [5, 5.41) is 8.02. The molecule has 6 heteroatoms. The SMILES string of the molecule is Cc1ccccc1C(=O)Oc1ccc(C=NNC(=S)NC2CCCCC2)cc1. The van der Waals surface area contributed by atoms with Gasteiger partial charge in [-0.3, -0.25) is 5.43 Å². The number of carbonyl (C=O) groups is 1. The van der Waals surface area contributed by atoms with Crippen LogP contribution < -0.4 is 15.5 Å². The summed E-state index contributed by atoms with van der Waals surface area (Å²) in [7, 11) is 0. The summed E-state index contributed by atoms with van der Waals surface area (Å²) < 4.78 is 5.43. The Balaban J connectivity index is 1.48. The third-order valence-electron chi connectivity index (χ3n) is 4.78. The van der Waals surface area contributed by atoms with Crippen molar-refractivity contribution in [3.63, 3.8) is 0 Å². The van der Waals surface area contributed by atoms with E-state index in [0.29, 0.717) is 22.5 Å². The summed E-state index contributed by atoms with van der Waals surface area (Å²) in [6, 6.07) is 15.0. The lowest BCUT2D eigenvalue weighted by Crippen LogP contribution is -2.40. The van der Waals surface area contributed by atoms with Crippen molar-refractivity contribution in [3.8, 4) is 5.75 Å². The molecule has 2 aromatic carbocycles. The molecule has 2 N–H and O–H groups in total. The molecule has 28 heavy (non-hydrogen) atoms. The first-order valence-corrected chi connectivity index (χ1v) is 10.00. The van der Waals surface area contributed by atoms with E-state index in [2.05, 4.69) is 15.8 Å². The van der Waals surface area contributed by atoms with Crippen LogP contribution in [0.2, 0.25) is 0 Å². The third kappa shape index (κ3) is 5.89. The van der Waals surface area contributed by atoms with Crippen LogP contribution in [-0.4, -0.2) is 23.3 Å². The number of rotatable bonds is 5. The van der Waals surface area contributed by atoms with E-state index in [1.54, 1.807) is 24.4 Å². The average molecular weight is 396 g/mol. The van der Waals surface area contributed by atoms with Crippen LogP contribution in [0.3, 0.4) is 0 Å². The Morgan fingerprint density at radius 3 is 2.54 bits per heavy atom. The molecule has 1 saturated carbocycles. The highest BCUT2D eigenvalue weighted by atomic mass is 32.1. The van der Waals surface area contributed by atoms with Crippen LogP contribution in [0.1, 0.15) is 53.6 Å². The molecule has 0 radical (unpaired) electrons. The fourth-order valence-electron chi connectivity index (χ4n) is 3.22. The lowest BCUT2D eigenvalue weighted by Gasteiger charge is -2.23. The van der Waals surface area contributed by atoms with E-state index in [-0.39, 0.29) is 5.97 Å². The van der Waals surface area contributed by atoms with Gasteiger partial charge in [0, 0.05) is 6.04 Å².